The van der Waals surface area contributed by atoms with Crippen LogP contribution in [0, 0.1) is 11.8 Å². The van der Waals surface area contributed by atoms with Crippen LogP contribution < -0.4 is 0 Å². The summed E-state index contributed by atoms with van der Waals surface area (Å²) in [5.74, 6) is 1.42. The van der Waals surface area contributed by atoms with Crippen LogP contribution in [0.15, 0.2) is 46.6 Å². The Morgan fingerprint density at radius 2 is 2.00 bits per heavy atom. The van der Waals surface area contributed by atoms with E-state index in [0.717, 1.165) is 5.92 Å². The van der Waals surface area contributed by atoms with Gasteiger partial charge in [0.2, 0.25) is 0 Å². The Hall–Kier alpha value is -1.04. The van der Waals surface area contributed by atoms with Gasteiger partial charge in [-0.1, -0.05) is 35.5 Å². The summed E-state index contributed by atoms with van der Waals surface area (Å²) in [4.78, 5) is 0. The Balaban J connectivity index is 2.16. The highest BCUT2D eigenvalue weighted by atomic mass is 14.5. The number of fused-ring (bicyclic) bond motifs is 4. The van der Waals surface area contributed by atoms with Gasteiger partial charge in [0.25, 0.3) is 0 Å². The van der Waals surface area contributed by atoms with Crippen LogP contribution in [0.25, 0.3) is 0 Å². The van der Waals surface area contributed by atoms with E-state index in [4.69, 9.17) is 0 Å². The zero-order valence-corrected chi connectivity index (χ0v) is 9.64. The molecule has 1 saturated carbocycles. The van der Waals surface area contributed by atoms with Gasteiger partial charge in [-0.3, -0.25) is 0 Å². The predicted molar refractivity (Wildman–Crippen MR) is 64.5 cm³/mol. The summed E-state index contributed by atoms with van der Waals surface area (Å²) in [6, 6.07) is 0. The molecule has 1 fully saturated rings. The number of hydrogen-bond acceptors (Lipinski definition) is 0. The second-order valence-electron chi connectivity index (χ2n) is 5.22. The Bertz CT molecular complexity index is 425. The van der Waals surface area contributed by atoms with E-state index < -0.39 is 0 Å². The summed E-state index contributed by atoms with van der Waals surface area (Å²) in [6.45, 7) is 8.76. The van der Waals surface area contributed by atoms with E-state index in [9.17, 15) is 0 Å². The third-order valence-corrected chi connectivity index (χ3v) is 4.21. The molecule has 2 atom stereocenters. The van der Waals surface area contributed by atoms with Crippen molar-refractivity contribution in [2.75, 3.05) is 0 Å². The quantitative estimate of drug-likeness (QED) is 0.512. The first-order valence-electron chi connectivity index (χ1n) is 5.96. The Kier molecular flexibility index (Phi) is 1.83. The normalized spacial score (nSPS) is 32.7. The fourth-order valence-corrected chi connectivity index (χ4v) is 3.53. The molecule has 3 aliphatic carbocycles. The minimum absolute atomic E-state index is 0.694. The molecule has 0 heteroatoms. The van der Waals surface area contributed by atoms with Crippen molar-refractivity contribution in [3.63, 3.8) is 0 Å². The lowest BCUT2D eigenvalue weighted by atomic mass is 9.81. The maximum Gasteiger partial charge on any atom is 0.00576 e. The van der Waals surface area contributed by atoms with Gasteiger partial charge in [-0.2, -0.15) is 0 Å². The summed E-state index contributed by atoms with van der Waals surface area (Å²) < 4.78 is 0. The number of hydrogen-bond donors (Lipinski definition) is 0. The van der Waals surface area contributed by atoms with Crippen LogP contribution in [-0.4, -0.2) is 0 Å². The van der Waals surface area contributed by atoms with Crippen LogP contribution >= 0.6 is 0 Å². The van der Waals surface area contributed by atoms with E-state index in [2.05, 4.69) is 32.6 Å². The summed E-state index contributed by atoms with van der Waals surface area (Å²) >= 11 is 0. The maximum absolute atomic E-state index is 4.30. The number of allylic oxidation sites excluding steroid dienone is 7. The third kappa shape index (κ3) is 1.08. The SMILES string of the molecule is C=C1C2CCC1C1=C2CC=CC1=C(C)C. The highest BCUT2D eigenvalue weighted by Crippen LogP contribution is 2.56. The van der Waals surface area contributed by atoms with Crippen molar-refractivity contribution in [2.24, 2.45) is 11.8 Å². The highest BCUT2D eigenvalue weighted by Gasteiger charge is 2.43. The highest BCUT2D eigenvalue weighted by molar-refractivity contribution is 5.59. The summed E-state index contributed by atoms with van der Waals surface area (Å²) in [7, 11) is 0. The molecule has 0 aromatic rings. The summed E-state index contributed by atoms with van der Waals surface area (Å²) in [6.07, 6.45) is 8.52. The third-order valence-electron chi connectivity index (χ3n) is 4.21. The fraction of sp³-hybridized carbons (Fsp3) is 0.467. The van der Waals surface area contributed by atoms with Gasteiger partial charge in [0.05, 0.1) is 0 Å². The zero-order chi connectivity index (χ0) is 10.6. The standard InChI is InChI=1S/C15H18/c1-9(2)11-5-4-6-14-12-7-8-13(10(12)3)15(11)14/h4-5,12-13H,3,6-8H2,1-2H3. The van der Waals surface area contributed by atoms with Gasteiger partial charge in [-0.15, -0.1) is 0 Å². The lowest BCUT2D eigenvalue weighted by Crippen LogP contribution is -2.08. The molecule has 15 heavy (non-hydrogen) atoms. The van der Waals surface area contributed by atoms with Crippen LogP contribution in [0.5, 0.6) is 0 Å². The van der Waals surface area contributed by atoms with E-state index in [-0.39, 0.29) is 0 Å². The predicted octanol–water partition coefficient (Wildman–Crippen LogP) is 4.18. The lowest BCUT2D eigenvalue weighted by Gasteiger charge is -2.23. The van der Waals surface area contributed by atoms with E-state index >= 15 is 0 Å². The van der Waals surface area contributed by atoms with E-state index in [1.165, 1.54) is 36.0 Å². The van der Waals surface area contributed by atoms with Gasteiger partial charge < -0.3 is 0 Å². The summed E-state index contributed by atoms with van der Waals surface area (Å²) in [5, 5.41) is 0. The van der Waals surface area contributed by atoms with Gasteiger partial charge in [-0.25, -0.2) is 0 Å². The van der Waals surface area contributed by atoms with Gasteiger partial charge in [0.1, 0.15) is 0 Å². The van der Waals surface area contributed by atoms with Crippen molar-refractivity contribution >= 4 is 0 Å². The van der Waals surface area contributed by atoms with Crippen molar-refractivity contribution in [1.82, 2.24) is 0 Å². The van der Waals surface area contributed by atoms with Crippen LogP contribution in [0.4, 0.5) is 0 Å². The van der Waals surface area contributed by atoms with Gasteiger partial charge in [-0.05, 0) is 44.3 Å². The zero-order valence-electron chi connectivity index (χ0n) is 9.64. The van der Waals surface area contributed by atoms with Crippen molar-refractivity contribution < 1.29 is 0 Å². The molecule has 0 heterocycles. The Morgan fingerprint density at radius 3 is 2.73 bits per heavy atom. The number of rotatable bonds is 0. The van der Waals surface area contributed by atoms with Crippen LogP contribution in [0.2, 0.25) is 0 Å². The van der Waals surface area contributed by atoms with Gasteiger partial charge in [0.15, 0.2) is 0 Å². The maximum atomic E-state index is 4.30. The molecule has 78 valence electrons. The molecule has 0 N–H and O–H groups in total. The smallest absolute Gasteiger partial charge is 0.00576 e. The molecule has 0 amide bonds. The van der Waals surface area contributed by atoms with E-state index in [0.29, 0.717) is 5.92 Å². The molecule has 0 saturated heterocycles. The molecule has 0 aromatic carbocycles. The van der Waals surface area contributed by atoms with Crippen LogP contribution in [-0.2, 0) is 0 Å². The van der Waals surface area contributed by atoms with Crippen molar-refractivity contribution in [2.45, 2.75) is 33.1 Å². The van der Waals surface area contributed by atoms with E-state index in [1.54, 1.807) is 11.1 Å². The molecule has 3 rings (SSSR count). The first-order chi connectivity index (χ1) is 7.20. The molecular weight excluding hydrogens is 180 g/mol. The minimum atomic E-state index is 0.694. The second-order valence-corrected chi connectivity index (χ2v) is 5.22. The van der Waals surface area contributed by atoms with Crippen LogP contribution in [0.1, 0.15) is 33.1 Å². The fourth-order valence-electron chi connectivity index (χ4n) is 3.53. The van der Waals surface area contributed by atoms with Crippen LogP contribution in [0.3, 0.4) is 0 Å². The first-order valence-corrected chi connectivity index (χ1v) is 5.96. The van der Waals surface area contributed by atoms with Crippen molar-refractivity contribution in [3.05, 3.63) is 46.6 Å². The average molecular weight is 198 g/mol. The molecule has 2 unspecified atom stereocenters. The first kappa shape index (κ1) is 9.21. The molecule has 3 aliphatic rings. The molecular formula is C15H18. The summed E-state index contributed by atoms with van der Waals surface area (Å²) in [5.41, 5.74) is 7.81. The van der Waals surface area contributed by atoms with Crippen molar-refractivity contribution in [3.8, 4) is 0 Å². The molecule has 0 aromatic heterocycles. The second kappa shape index (κ2) is 2.98. The Labute approximate surface area is 92.1 Å². The molecule has 2 bridgehead atoms. The lowest BCUT2D eigenvalue weighted by molar-refractivity contribution is 0.640. The van der Waals surface area contributed by atoms with Gasteiger partial charge >= 0.3 is 0 Å². The average Bonchev–Trinajstić information content (AvgIpc) is 2.72. The molecule has 0 radical (unpaired) electrons. The molecule has 0 spiro atoms. The largest absolute Gasteiger partial charge is 0.0986 e. The van der Waals surface area contributed by atoms with Gasteiger partial charge in [0, 0.05) is 11.8 Å². The minimum Gasteiger partial charge on any atom is -0.0986 e. The van der Waals surface area contributed by atoms with Crippen molar-refractivity contribution in [1.29, 1.82) is 0 Å². The molecule has 0 aliphatic heterocycles. The van der Waals surface area contributed by atoms with E-state index in [1.807, 2.05) is 0 Å². The topological polar surface area (TPSA) is 0 Å². The monoisotopic (exact) mass is 198 g/mol. The molecule has 0 nitrogen and oxygen atoms in total. The Morgan fingerprint density at radius 1 is 1.27 bits per heavy atom.